The van der Waals surface area contributed by atoms with Crippen LogP contribution in [0.3, 0.4) is 0 Å². The van der Waals surface area contributed by atoms with E-state index >= 15 is 0 Å². The predicted octanol–water partition coefficient (Wildman–Crippen LogP) is 3.88. The zero-order valence-corrected chi connectivity index (χ0v) is 14.6. The number of thiazole rings is 1. The van der Waals surface area contributed by atoms with Crippen molar-refractivity contribution in [2.45, 2.75) is 25.3 Å². The molecule has 2 aromatic carbocycles. The summed E-state index contributed by atoms with van der Waals surface area (Å²) in [6.45, 7) is 0.917. The number of aromatic nitrogens is 1. The van der Waals surface area contributed by atoms with Gasteiger partial charge in [0.15, 0.2) is 0 Å². The van der Waals surface area contributed by atoms with Gasteiger partial charge in [-0.3, -0.25) is 9.78 Å². The van der Waals surface area contributed by atoms with Crippen LogP contribution in [0.25, 0.3) is 0 Å². The maximum atomic E-state index is 11.8. The van der Waals surface area contributed by atoms with E-state index in [0.717, 1.165) is 37.1 Å². The minimum absolute atomic E-state index is 0.000939. The lowest BCUT2D eigenvalue weighted by molar-refractivity contribution is 0.440. The Labute approximate surface area is 150 Å². The molecule has 0 fully saturated rings. The first kappa shape index (κ1) is 16.0. The van der Waals surface area contributed by atoms with Crippen molar-refractivity contribution in [1.82, 2.24) is 4.98 Å². The number of para-hydroxylation sites is 1. The smallest absolute Gasteiger partial charge is 0.307 e. The van der Waals surface area contributed by atoms with Crippen molar-refractivity contribution in [1.29, 1.82) is 0 Å². The van der Waals surface area contributed by atoms with Crippen molar-refractivity contribution in [2.75, 3.05) is 11.4 Å². The average molecular weight is 352 g/mol. The van der Waals surface area contributed by atoms with Gasteiger partial charge in [-0.05, 0) is 36.5 Å². The Hall–Kier alpha value is -2.53. The van der Waals surface area contributed by atoms with Crippen molar-refractivity contribution in [3.8, 4) is 5.88 Å². The predicted molar refractivity (Wildman–Crippen MR) is 102 cm³/mol. The van der Waals surface area contributed by atoms with Gasteiger partial charge in [0.05, 0.1) is 10.9 Å². The number of hydrogen-bond acceptors (Lipinski definition) is 4. The number of fused-ring (bicyclic) bond motifs is 1. The standard InChI is InChI=1S/C20H20N2O2S/c23-19-18(25-20(24)21-19)17(13-14-7-2-1-3-8-14)22-12-6-10-15-9-4-5-11-16(15)22/h1-5,7-9,11,17,23H,6,10,12-13H2,(H,21,24). The Morgan fingerprint density at radius 3 is 2.64 bits per heavy atom. The van der Waals surface area contributed by atoms with Crippen molar-refractivity contribution >= 4 is 17.0 Å². The highest BCUT2D eigenvalue weighted by atomic mass is 32.1. The highest BCUT2D eigenvalue weighted by Crippen LogP contribution is 2.39. The number of anilines is 1. The fraction of sp³-hybridized carbons (Fsp3) is 0.250. The van der Waals surface area contributed by atoms with E-state index in [1.165, 1.54) is 16.8 Å². The summed E-state index contributed by atoms with van der Waals surface area (Å²) >= 11 is 1.11. The number of nitrogens with one attached hydrogen (secondary N) is 1. The van der Waals surface area contributed by atoms with Gasteiger partial charge in [0.25, 0.3) is 0 Å². The van der Waals surface area contributed by atoms with Gasteiger partial charge in [0.2, 0.25) is 5.88 Å². The highest BCUT2D eigenvalue weighted by Gasteiger charge is 2.29. The molecule has 0 spiro atoms. The molecule has 1 unspecified atom stereocenters. The number of benzene rings is 2. The number of aromatic hydroxyl groups is 1. The number of nitrogens with zero attached hydrogens (tertiary/aromatic N) is 1. The lowest BCUT2D eigenvalue weighted by atomic mass is 9.96. The molecule has 0 radical (unpaired) electrons. The lowest BCUT2D eigenvalue weighted by Gasteiger charge is -2.37. The van der Waals surface area contributed by atoms with Crippen molar-refractivity contribution in [3.05, 3.63) is 80.3 Å². The largest absolute Gasteiger partial charge is 0.494 e. The topological polar surface area (TPSA) is 56.3 Å². The van der Waals surface area contributed by atoms with Gasteiger partial charge in [-0.25, -0.2) is 0 Å². The molecule has 4 rings (SSSR count). The molecule has 5 heteroatoms. The van der Waals surface area contributed by atoms with E-state index in [1.807, 2.05) is 18.2 Å². The van der Waals surface area contributed by atoms with Gasteiger partial charge in [-0.15, -0.1) is 0 Å². The van der Waals surface area contributed by atoms with Crippen LogP contribution < -0.4 is 9.77 Å². The van der Waals surface area contributed by atoms with E-state index in [2.05, 4.69) is 46.3 Å². The summed E-state index contributed by atoms with van der Waals surface area (Å²) in [6.07, 6.45) is 2.89. The Morgan fingerprint density at radius 2 is 1.88 bits per heavy atom. The van der Waals surface area contributed by atoms with E-state index in [4.69, 9.17) is 0 Å². The van der Waals surface area contributed by atoms with Crippen molar-refractivity contribution in [3.63, 3.8) is 0 Å². The summed E-state index contributed by atoms with van der Waals surface area (Å²) < 4.78 is 0. The zero-order chi connectivity index (χ0) is 17.2. The van der Waals surface area contributed by atoms with E-state index in [0.29, 0.717) is 4.88 Å². The summed E-state index contributed by atoms with van der Waals surface area (Å²) in [5.74, 6) is -0.000939. The van der Waals surface area contributed by atoms with Gasteiger partial charge in [0, 0.05) is 12.2 Å². The fourth-order valence-corrected chi connectivity index (χ4v) is 4.47. The van der Waals surface area contributed by atoms with Crippen LogP contribution in [-0.4, -0.2) is 16.6 Å². The second-order valence-electron chi connectivity index (χ2n) is 6.36. The molecule has 2 heterocycles. The Bertz CT molecular complexity index is 917. The molecular weight excluding hydrogens is 332 g/mol. The third kappa shape index (κ3) is 3.20. The quantitative estimate of drug-likeness (QED) is 0.749. The maximum Gasteiger partial charge on any atom is 0.307 e. The minimum atomic E-state index is -0.212. The molecule has 4 nitrogen and oxygen atoms in total. The average Bonchev–Trinajstić information content (AvgIpc) is 2.98. The van der Waals surface area contributed by atoms with Crippen LogP contribution in [0.1, 0.15) is 28.5 Å². The summed E-state index contributed by atoms with van der Waals surface area (Å²) in [4.78, 5) is 17.1. The number of rotatable bonds is 4. The van der Waals surface area contributed by atoms with Crippen LogP contribution in [0, 0.1) is 0 Å². The summed E-state index contributed by atoms with van der Waals surface area (Å²) in [5, 5.41) is 10.3. The fourth-order valence-electron chi connectivity index (χ4n) is 3.63. The van der Waals surface area contributed by atoms with Crippen LogP contribution >= 0.6 is 11.3 Å². The molecule has 0 saturated heterocycles. The third-order valence-electron chi connectivity index (χ3n) is 4.75. The molecule has 1 aromatic heterocycles. The first-order chi connectivity index (χ1) is 12.2. The number of aromatic amines is 1. The molecule has 0 bridgehead atoms. The highest BCUT2D eigenvalue weighted by molar-refractivity contribution is 7.09. The zero-order valence-electron chi connectivity index (χ0n) is 13.8. The van der Waals surface area contributed by atoms with Crippen LogP contribution in [0.2, 0.25) is 0 Å². The van der Waals surface area contributed by atoms with Crippen LogP contribution in [0.5, 0.6) is 5.88 Å². The molecule has 128 valence electrons. The van der Waals surface area contributed by atoms with Gasteiger partial charge in [0.1, 0.15) is 0 Å². The molecule has 1 aliphatic heterocycles. The summed E-state index contributed by atoms with van der Waals surface area (Å²) in [5.41, 5.74) is 3.72. The number of hydrogen-bond donors (Lipinski definition) is 2. The SMILES string of the molecule is O=c1[nH]c(O)c(C(Cc2ccccc2)N2CCCc3ccccc32)s1. The van der Waals surface area contributed by atoms with Gasteiger partial charge >= 0.3 is 4.87 Å². The first-order valence-electron chi connectivity index (χ1n) is 8.53. The summed E-state index contributed by atoms with van der Waals surface area (Å²) in [6, 6.07) is 18.6. The Morgan fingerprint density at radius 1 is 1.12 bits per heavy atom. The molecule has 25 heavy (non-hydrogen) atoms. The molecule has 3 aromatic rings. The second kappa shape index (κ2) is 6.76. The third-order valence-corrected chi connectivity index (χ3v) is 5.73. The summed E-state index contributed by atoms with van der Waals surface area (Å²) in [7, 11) is 0. The molecule has 1 atom stereocenters. The molecular formula is C20H20N2O2S. The number of H-pyrrole nitrogens is 1. The van der Waals surface area contributed by atoms with E-state index in [-0.39, 0.29) is 16.8 Å². The molecule has 0 saturated carbocycles. The monoisotopic (exact) mass is 352 g/mol. The lowest BCUT2D eigenvalue weighted by Crippen LogP contribution is -2.34. The number of aryl methyl sites for hydroxylation is 1. The molecule has 0 amide bonds. The van der Waals surface area contributed by atoms with E-state index in [9.17, 15) is 9.90 Å². The Balaban J connectivity index is 1.78. The van der Waals surface area contributed by atoms with Crippen LogP contribution in [0.4, 0.5) is 5.69 Å². The van der Waals surface area contributed by atoms with Gasteiger partial charge in [-0.1, -0.05) is 59.9 Å². The molecule has 0 aliphatic carbocycles. The second-order valence-corrected chi connectivity index (χ2v) is 7.37. The van der Waals surface area contributed by atoms with E-state index < -0.39 is 0 Å². The van der Waals surface area contributed by atoms with Crippen molar-refractivity contribution in [2.24, 2.45) is 0 Å². The normalized spacial score (nSPS) is 15.0. The van der Waals surface area contributed by atoms with E-state index in [1.54, 1.807) is 0 Å². The first-order valence-corrected chi connectivity index (χ1v) is 9.34. The van der Waals surface area contributed by atoms with Gasteiger partial charge < -0.3 is 10.0 Å². The molecule has 1 aliphatic rings. The Kier molecular flexibility index (Phi) is 4.32. The van der Waals surface area contributed by atoms with Crippen LogP contribution in [0.15, 0.2) is 59.4 Å². The van der Waals surface area contributed by atoms with Crippen LogP contribution in [-0.2, 0) is 12.8 Å². The van der Waals surface area contributed by atoms with Crippen molar-refractivity contribution < 1.29 is 5.11 Å². The maximum absolute atomic E-state index is 11.8. The minimum Gasteiger partial charge on any atom is -0.494 e. The van der Waals surface area contributed by atoms with Gasteiger partial charge in [-0.2, -0.15) is 0 Å². The molecule has 2 N–H and O–H groups in total.